The Balaban J connectivity index is 1.83. The Morgan fingerprint density at radius 1 is 0.964 bits per heavy atom. The van der Waals surface area contributed by atoms with Crippen molar-refractivity contribution >= 4 is 28.0 Å². The Bertz CT molecular complexity index is 1390. The Kier molecular flexibility index (Phi) is 3.81. The number of rotatable bonds is 2. The average molecular weight is 386 g/mol. The number of nitrogens with one attached hydrogen (secondary N) is 1. The van der Waals surface area contributed by atoms with Crippen LogP contribution in [0.15, 0.2) is 77.6 Å². The second kappa shape index (κ2) is 6.36. The van der Waals surface area contributed by atoms with E-state index in [0.717, 1.165) is 38.9 Å². The highest BCUT2D eigenvalue weighted by Crippen LogP contribution is 2.33. The maximum absolute atomic E-state index is 12.8. The lowest BCUT2D eigenvalue weighted by molar-refractivity contribution is 0.882. The fourth-order valence-electron chi connectivity index (χ4n) is 3.70. The van der Waals surface area contributed by atoms with Gasteiger partial charge in [-0.25, -0.2) is 0 Å². The molecule has 28 heavy (non-hydrogen) atoms. The molecule has 0 aliphatic rings. The number of aromatic nitrogens is 3. The normalized spacial score (nSPS) is 11.4. The van der Waals surface area contributed by atoms with Gasteiger partial charge in [0.15, 0.2) is 0 Å². The van der Waals surface area contributed by atoms with Gasteiger partial charge in [0.05, 0.1) is 11.4 Å². The summed E-state index contributed by atoms with van der Waals surface area (Å²) in [5.74, 6) is 0. The number of nitrogens with zero attached hydrogens (tertiary/aromatic N) is 2. The second-order valence-corrected chi connectivity index (χ2v) is 7.21. The lowest BCUT2D eigenvalue weighted by atomic mass is 9.98. The van der Waals surface area contributed by atoms with Crippen LogP contribution in [0.2, 0.25) is 5.02 Å². The third-order valence-electron chi connectivity index (χ3n) is 5.00. The number of fused-ring (bicyclic) bond motifs is 2. The van der Waals surface area contributed by atoms with Crippen molar-refractivity contribution in [1.29, 1.82) is 0 Å². The number of halogens is 1. The van der Waals surface area contributed by atoms with Gasteiger partial charge < -0.3 is 4.98 Å². The molecule has 136 valence electrons. The summed E-state index contributed by atoms with van der Waals surface area (Å²) >= 11 is 6.00. The Hall–Kier alpha value is -3.37. The van der Waals surface area contributed by atoms with Crippen molar-refractivity contribution in [2.45, 2.75) is 6.92 Å². The Morgan fingerprint density at radius 3 is 2.54 bits per heavy atom. The van der Waals surface area contributed by atoms with Gasteiger partial charge in [-0.15, -0.1) is 0 Å². The molecular formula is C23H16ClN3O. The van der Waals surface area contributed by atoms with Crippen molar-refractivity contribution in [3.05, 3.63) is 93.9 Å². The molecule has 0 fully saturated rings. The molecule has 0 amide bonds. The van der Waals surface area contributed by atoms with Crippen LogP contribution >= 0.6 is 11.6 Å². The third kappa shape index (κ3) is 2.62. The van der Waals surface area contributed by atoms with Gasteiger partial charge in [0.25, 0.3) is 5.56 Å². The molecule has 0 radical (unpaired) electrons. The highest BCUT2D eigenvalue weighted by atomic mass is 35.5. The van der Waals surface area contributed by atoms with Crippen molar-refractivity contribution in [3.8, 4) is 22.4 Å². The summed E-state index contributed by atoms with van der Waals surface area (Å²) in [6, 6.07) is 23.4. The molecule has 0 atom stereocenters. The van der Waals surface area contributed by atoms with Crippen molar-refractivity contribution in [2.24, 2.45) is 0 Å². The summed E-state index contributed by atoms with van der Waals surface area (Å²) in [5.41, 5.74) is 4.93. The van der Waals surface area contributed by atoms with E-state index in [1.807, 2.05) is 49.4 Å². The van der Waals surface area contributed by atoms with E-state index < -0.39 is 0 Å². The summed E-state index contributed by atoms with van der Waals surface area (Å²) < 4.78 is 1.44. The fraction of sp³-hybridized carbons (Fsp3) is 0.0435. The summed E-state index contributed by atoms with van der Waals surface area (Å²) in [7, 11) is 0. The topological polar surface area (TPSA) is 50.2 Å². The number of aromatic amines is 1. The predicted octanol–water partition coefficient (Wildman–Crippen LogP) is 5.47. The summed E-state index contributed by atoms with van der Waals surface area (Å²) in [5, 5.41) is 7.43. The molecule has 0 bridgehead atoms. The molecule has 0 aliphatic carbocycles. The highest BCUT2D eigenvalue weighted by molar-refractivity contribution is 6.30. The van der Waals surface area contributed by atoms with Crippen LogP contribution in [0.1, 0.15) is 5.69 Å². The van der Waals surface area contributed by atoms with Crippen molar-refractivity contribution < 1.29 is 0 Å². The van der Waals surface area contributed by atoms with E-state index >= 15 is 0 Å². The van der Waals surface area contributed by atoms with E-state index in [1.165, 1.54) is 4.52 Å². The van der Waals surface area contributed by atoms with Crippen molar-refractivity contribution in [2.75, 3.05) is 0 Å². The summed E-state index contributed by atoms with van der Waals surface area (Å²) in [6.45, 7) is 1.93. The Labute approximate surface area is 166 Å². The monoisotopic (exact) mass is 385 g/mol. The zero-order valence-corrected chi connectivity index (χ0v) is 15.9. The largest absolute Gasteiger partial charge is 0.339 e. The molecule has 3 aromatic carbocycles. The predicted molar refractivity (Wildman–Crippen MR) is 114 cm³/mol. The van der Waals surface area contributed by atoms with Gasteiger partial charge in [-0.2, -0.15) is 9.61 Å². The third-order valence-corrected chi connectivity index (χ3v) is 5.26. The van der Waals surface area contributed by atoms with Crippen LogP contribution in [0, 0.1) is 6.92 Å². The van der Waals surface area contributed by atoms with Gasteiger partial charge in [-0.3, -0.25) is 4.79 Å². The zero-order valence-electron chi connectivity index (χ0n) is 15.1. The lowest BCUT2D eigenvalue weighted by Crippen LogP contribution is -2.14. The molecule has 4 nitrogen and oxygen atoms in total. The van der Waals surface area contributed by atoms with E-state index in [-0.39, 0.29) is 5.56 Å². The van der Waals surface area contributed by atoms with Gasteiger partial charge in [-0.1, -0.05) is 66.2 Å². The molecule has 5 aromatic rings. The van der Waals surface area contributed by atoms with Gasteiger partial charge in [0, 0.05) is 16.7 Å². The first kappa shape index (κ1) is 16.8. The molecule has 0 aliphatic heterocycles. The van der Waals surface area contributed by atoms with Gasteiger partial charge >= 0.3 is 0 Å². The van der Waals surface area contributed by atoms with E-state index in [1.54, 1.807) is 6.07 Å². The number of aryl methyl sites for hydroxylation is 1. The molecule has 1 N–H and O–H groups in total. The molecule has 5 heteroatoms. The van der Waals surface area contributed by atoms with Crippen LogP contribution in [-0.2, 0) is 0 Å². The van der Waals surface area contributed by atoms with Crippen molar-refractivity contribution in [1.82, 2.24) is 14.6 Å². The maximum atomic E-state index is 12.8. The average Bonchev–Trinajstić information content (AvgIpc) is 3.04. The number of benzene rings is 3. The lowest BCUT2D eigenvalue weighted by Gasteiger charge is -2.08. The van der Waals surface area contributed by atoms with E-state index in [4.69, 9.17) is 11.6 Å². The zero-order chi connectivity index (χ0) is 19.3. The quantitative estimate of drug-likeness (QED) is 0.438. The molecule has 0 saturated carbocycles. The Morgan fingerprint density at radius 2 is 1.71 bits per heavy atom. The van der Waals surface area contributed by atoms with E-state index in [9.17, 15) is 4.79 Å². The van der Waals surface area contributed by atoms with Crippen LogP contribution in [0.4, 0.5) is 0 Å². The molecule has 0 spiro atoms. The standard InChI is InChI=1S/C23H16ClN3O/c1-14-22(19-8-4-6-15-5-2-3-7-18(15)19)23-25-20(13-21(28)27(23)26-14)16-9-11-17(24)12-10-16/h2-13,25H,1H3. The van der Waals surface area contributed by atoms with Gasteiger partial charge in [-0.05, 0) is 41.0 Å². The van der Waals surface area contributed by atoms with E-state index in [0.29, 0.717) is 10.7 Å². The first-order valence-corrected chi connectivity index (χ1v) is 9.36. The van der Waals surface area contributed by atoms with Gasteiger partial charge in [0.1, 0.15) is 5.65 Å². The minimum atomic E-state index is -0.173. The van der Waals surface area contributed by atoms with E-state index in [2.05, 4.69) is 34.3 Å². The minimum Gasteiger partial charge on any atom is -0.339 e. The minimum absolute atomic E-state index is 0.173. The molecule has 0 saturated heterocycles. The number of hydrogen-bond acceptors (Lipinski definition) is 2. The summed E-state index contributed by atoms with van der Waals surface area (Å²) in [6.07, 6.45) is 0. The molecule has 2 heterocycles. The molecule has 2 aromatic heterocycles. The SMILES string of the molecule is Cc1nn2c(=O)cc(-c3ccc(Cl)cc3)[nH]c2c1-c1cccc2ccccc12. The number of H-pyrrole nitrogens is 1. The van der Waals surface area contributed by atoms with Crippen LogP contribution in [0.5, 0.6) is 0 Å². The fourth-order valence-corrected chi connectivity index (χ4v) is 3.83. The first-order chi connectivity index (χ1) is 13.6. The van der Waals surface area contributed by atoms with Gasteiger partial charge in [0.2, 0.25) is 0 Å². The molecule has 0 unspecified atom stereocenters. The first-order valence-electron chi connectivity index (χ1n) is 8.98. The highest BCUT2D eigenvalue weighted by Gasteiger charge is 2.17. The molecular weight excluding hydrogens is 370 g/mol. The van der Waals surface area contributed by atoms with Crippen LogP contribution < -0.4 is 5.56 Å². The number of hydrogen-bond donors (Lipinski definition) is 1. The van der Waals surface area contributed by atoms with Crippen LogP contribution in [-0.4, -0.2) is 14.6 Å². The van der Waals surface area contributed by atoms with Crippen molar-refractivity contribution in [3.63, 3.8) is 0 Å². The second-order valence-electron chi connectivity index (χ2n) is 6.78. The van der Waals surface area contributed by atoms with Crippen LogP contribution in [0.25, 0.3) is 38.8 Å². The summed E-state index contributed by atoms with van der Waals surface area (Å²) in [4.78, 5) is 16.2. The maximum Gasteiger partial charge on any atom is 0.274 e. The smallest absolute Gasteiger partial charge is 0.274 e. The molecule has 5 rings (SSSR count). The van der Waals surface area contributed by atoms with Crippen LogP contribution in [0.3, 0.4) is 0 Å².